The number of carbonyl (C=O) groups excluding carboxylic acids is 1. The van der Waals surface area contributed by atoms with Crippen molar-refractivity contribution in [2.24, 2.45) is 0 Å². The zero-order valence-electron chi connectivity index (χ0n) is 9.62. The van der Waals surface area contributed by atoms with Gasteiger partial charge in [-0.05, 0) is 25.1 Å². The number of rotatable bonds is 3. The number of likely N-dealkylation sites (N-methyl/N-ethyl adjacent to an activating group) is 1. The number of halogens is 1. The molecule has 0 bridgehead atoms. The molecule has 0 heterocycles. The number of carbonyl (C=O) groups is 1. The van der Waals surface area contributed by atoms with E-state index in [1.54, 1.807) is 25.1 Å². The molecule has 1 aromatic carbocycles. The maximum atomic E-state index is 11.7. The van der Waals surface area contributed by atoms with Crippen LogP contribution in [0, 0.1) is 0 Å². The first-order valence-corrected chi connectivity index (χ1v) is 5.74. The molecule has 0 aliphatic carbocycles. The summed E-state index contributed by atoms with van der Waals surface area (Å²) in [5, 5.41) is 3.09. The number of hydrogen-bond donors (Lipinski definition) is 2. The molecular formula is C11H16BrN3O. The third kappa shape index (κ3) is 3.13. The fourth-order valence-corrected chi connectivity index (χ4v) is 1.70. The molecule has 0 spiro atoms. The number of nitrogen functional groups attached to an aromatic ring is 1. The molecule has 0 saturated carbocycles. The molecule has 88 valence electrons. The lowest BCUT2D eigenvalue weighted by atomic mass is 10.2. The van der Waals surface area contributed by atoms with Crippen LogP contribution in [-0.2, 0) is 4.79 Å². The van der Waals surface area contributed by atoms with Gasteiger partial charge in [0.05, 0.1) is 11.4 Å². The second-order valence-electron chi connectivity index (χ2n) is 3.83. The summed E-state index contributed by atoms with van der Waals surface area (Å²) in [6.45, 7) is 1.81. The quantitative estimate of drug-likeness (QED) is 0.835. The lowest BCUT2D eigenvalue weighted by Gasteiger charge is -2.20. The molecule has 0 aromatic heterocycles. The van der Waals surface area contributed by atoms with E-state index in [9.17, 15) is 4.79 Å². The van der Waals surface area contributed by atoms with Crippen molar-refractivity contribution >= 4 is 33.2 Å². The largest absolute Gasteiger partial charge is 0.397 e. The van der Waals surface area contributed by atoms with Crippen molar-refractivity contribution in [1.82, 2.24) is 4.90 Å². The minimum absolute atomic E-state index is 0.0133. The topological polar surface area (TPSA) is 58.4 Å². The Hall–Kier alpha value is -1.23. The first-order chi connectivity index (χ1) is 7.41. The summed E-state index contributed by atoms with van der Waals surface area (Å²) in [4.78, 5) is 13.2. The summed E-state index contributed by atoms with van der Waals surface area (Å²) in [6.07, 6.45) is 0. The fourth-order valence-electron chi connectivity index (χ4n) is 1.34. The molecule has 0 aliphatic heterocycles. The van der Waals surface area contributed by atoms with E-state index in [1.807, 2.05) is 19.1 Å². The van der Waals surface area contributed by atoms with Crippen LogP contribution in [0.4, 0.5) is 11.4 Å². The smallest absolute Gasteiger partial charge is 0.244 e. The highest BCUT2D eigenvalue weighted by atomic mass is 79.9. The van der Waals surface area contributed by atoms with Gasteiger partial charge in [-0.3, -0.25) is 4.79 Å². The minimum atomic E-state index is -0.299. The Labute approximate surface area is 104 Å². The van der Waals surface area contributed by atoms with Crippen molar-refractivity contribution in [1.29, 1.82) is 0 Å². The predicted molar refractivity (Wildman–Crippen MR) is 70.3 cm³/mol. The molecule has 16 heavy (non-hydrogen) atoms. The molecule has 1 aromatic rings. The van der Waals surface area contributed by atoms with E-state index < -0.39 is 0 Å². The average molecular weight is 286 g/mol. The molecular weight excluding hydrogens is 270 g/mol. The monoisotopic (exact) mass is 285 g/mol. The number of nitrogens with one attached hydrogen (secondary N) is 1. The molecule has 0 aliphatic rings. The molecule has 1 rings (SSSR count). The summed E-state index contributed by atoms with van der Waals surface area (Å²) in [5.41, 5.74) is 7.19. The summed E-state index contributed by atoms with van der Waals surface area (Å²) in [5.74, 6) is 0.0133. The van der Waals surface area contributed by atoms with Crippen LogP contribution in [0.5, 0.6) is 0 Å². The highest BCUT2D eigenvalue weighted by Crippen LogP contribution is 2.23. The van der Waals surface area contributed by atoms with Gasteiger partial charge < -0.3 is 16.0 Å². The van der Waals surface area contributed by atoms with Crippen molar-refractivity contribution < 1.29 is 4.79 Å². The van der Waals surface area contributed by atoms with Gasteiger partial charge in [0.25, 0.3) is 0 Å². The molecule has 4 nitrogen and oxygen atoms in total. The van der Waals surface area contributed by atoms with Gasteiger partial charge in [0.15, 0.2) is 0 Å². The van der Waals surface area contributed by atoms with Crippen molar-refractivity contribution in [3.05, 3.63) is 22.7 Å². The van der Waals surface area contributed by atoms with Gasteiger partial charge in [0, 0.05) is 18.6 Å². The Morgan fingerprint density at radius 3 is 2.69 bits per heavy atom. The molecule has 0 fully saturated rings. The predicted octanol–water partition coefficient (Wildman–Crippen LogP) is 1.92. The van der Waals surface area contributed by atoms with Crippen LogP contribution in [0.25, 0.3) is 0 Å². The van der Waals surface area contributed by atoms with Crippen molar-refractivity contribution in [2.75, 3.05) is 25.1 Å². The van der Waals surface area contributed by atoms with Crippen LogP contribution in [0.3, 0.4) is 0 Å². The van der Waals surface area contributed by atoms with E-state index in [4.69, 9.17) is 5.73 Å². The SMILES string of the molecule is CC(Nc1cc(Br)ccc1N)C(=O)N(C)C. The number of anilines is 2. The number of nitrogens with zero attached hydrogens (tertiary/aromatic N) is 1. The number of benzene rings is 1. The normalized spacial score (nSPS) is 12.0. The Kier molecular flexibility index (Phi) is 4.18. The average Bonchev–Trinajstić information content (AvgIpc) is 2.22. The van der Waals surface area contributed by atoms with E-state index in [-0.39, 0.29) is 11.9 Å². The van der Waals surface area contributed by atoms with Crippen LogP contribution in [0.1, 0.15) is 6.92 Å². The van der Waals surface area contributed by atoms with Crippen LogP contribution in [0.2, 0.25) is 0 Å². The van der Waals surface area contributed by atoms with Gasteiger partial charge in [-0.2, -0.15) is 0 Å². The number of nitrogens with two attached hydrogens (primary N) is 1. The van der Waals surface area contributed by atoms with Crippen molar-refractivity contribution in [3.63, 3.8) is 0 Å². The summed E-state index contributed by atoms with van der Waals surface area (Å²) < 4.78 is 0.925. The number of amides is 1. The van der Waals surface area contributed by atoms with E-state index >= 15 is 0 Å². The molecule has 1 amide bonds. The molecule has 0 saturated heterocycles. The van der Waals surface area contributed by atoms with Gasteiger partial charge in [0.1, 0.15) is 6.04 Å². The Balaban J connectivity index is 2.80. The fraction of sp³-hybridized carbons (Fsp3) is 0.364. The highest BCUT2D eigenvalue weighted by molar-refractivity contribution is 9.10. The zero-order chi connectivity index (χ0) is 12.3. The highest BCUT2D eigenvalue weighted by Gasteiger charge is 2.15. The molecule has 1 unspecified atom stereocenters. The van der Waals surface area contributed by atoms with E-state index in [2.05, 4.69) is 21.2 Å². The van der Waals surface area contributed by atoms with Crippen molar-refractivity contribution in [3.8, 4) is 0 Å². The molecule has 5 heteroatoms. The van der Waals surface area contributed by atoms with Crippen LogP contribution < -0.4 is 11.1 Å². The number of hydrogen-bond acceptors (Lipinski definition) is 3. The second kappa shape index (κ2) is 5.21. The first-order valence-electron chi connectivity index (χ1n) is 4.94. The van der Waals surface area contributed by atoms with Gasteiger partial charge in [-0.15, -0.1) is 0 Å². The second-order valence-corrected chi connectivity index (χ2v) is 4.75. The van der Waals surface area contributed by atoms with Gasteiger partial charge in [-0.1, -0.05) is 15.9 Å². The van der Waals surface area contributed by atoms with Crippen molar-refractivity contribution in [2.45, 2.75) is 13.0 Å². The summed E-state index contributed by atoms with van der Waals surface area (Å²) in [7, 11) is 3.45. The third-order valence-electron chi connectivity index (χ3n) is 2.20. The Bertz CT molecular complexity index is 393. The molecule has 3 N–H and O–H groups in total. The maximum absolute atomic E-state index is 11.7. The van der Waals surface area contributed by atoms with E-state index in [0.717, 1.165) is 10.2 Å². The lowest BCUT2D eigenvalue weighted by molar-refractivity contribution is -0.129. The molecule has 1 atom stereocenters. The van der Waals surface area contributed by atoms with Gasteiger partial charge >= 0.3 is 0 Å². The minimum Gasteiger partial charge on any atom is -0.397 e. The Morgan fingerprint density at radius 2 is 2.12 bits per heavy atom. The lowest BCUT2D eigenvalue weighted by Crippen LogP contribution is -2.36. The van der Waals surface area contributed by atoms with Crippen LogP contribution in [0.15, 0.2) is 22.7 Å². The standard InChI is InChI=1S/C11H16BrN3O/c1-7(11(16)15(2)3)14-10-6-8(12)4-5-9(10)13/h4-7,14H,13H2,1-3H3. The third-order valence-corrected chi connectivity index (χ3v) is 2.69. The summed E-state index contributed by atoms with van der Waals surface area (Å²) >= 11 is 3.36. The van der Waals surface area contributed by atoms with E-state index in [0.29, 0.717) is 5.69 Å². The van der Waals surface area contributed by atoms with Crippen LogP contribution in [-0.4, -0.2) is 30.9 Å². The maximum Gasteiger partial charge on any atom is 0.244 e. The van der Waals surface area contributed by atoms with Crippen LogP contribution >= 0.6 is 15.9 Å². The van der Waals surface area contributed by atoms with E-state index in [1.165, 1.54) is 0 Å². The molecule has 0 radical (unpaired) electrons. The zero-order valence-corrected chi connectivity index (χ0v) is 11.2. The summed E-state index contributed by atoms with van der Waals surface area (Å²) in [6, 6.07) is 5.21. The Morgan fingerprint density at radius 1 is 1.50 bits per heavy atom. The van der Waals surface area contributed by atoms with Gasteiger partial charge in [-0.25, -0.2) is 0 Å². The van der Waals surface area contributed by atoms with Gasteiger partial charge in [0.2, 0.25) is 5.91 Å². The first kappa shape index (κ1) is 12.8.